The molecule has 0 aliphatic rings. The number of hydrogen-bond donors (Lipinski definition) is 1. The summed E-state index contributed by atoms with van der Waals surface area (Å²) in [5, 5.41) is 2.36. The van der Waals surface area contributed by atoms with Gasteiger partial charge >= 0.3 is 0 Å². The number of nitrogens with zero attached hydrogens (tertiary/aromatic N) is 1. The lowest BCUT2D eigenvalue weighted by molar-refractivity contribution is 0.0938. The Kier molecular flexibility index (Phi) is 4.49. The fourth-order valence-corrected chi connectivity index (χ4v) is 2.00. The van der Waals surface area contributed by atoms with Crippen LogP contribution in [0.1, 0.15) is 28.9 Å². The Morgan fingerprint density at radius 1 is 1.40 bits per heavy atom. The minimum atomic E-state index is -0.934. The van der Waals surface area contributed by atoms with E-state index in [0.29, 0.717) is 12.2 Å². The van der Waals surface area contributed by atoms with E-state index < -0.39 is 23.1 Å². The number of benzene rings is 1. The Balaban J connectivity index is 2.09. The van der Waals surface area contributed by atoms with E-state index in [2.05, 4.69) is 26.2 Å². The van der Waals surface area contributed by atoms with Gasteiger partial charge < -0.3 is 9.73 Å². The molecule has 4 nitrogen and oxygen atoms in total. The number of carbonyl (C=O) groups is 1. The normalized spacial score (nSPS) is 10.6. The van der Waals surface area contributed by atoms with E-state index in [9.17, 15) is 13.6 Å². The van der Waals surface area contributed by atoms with E-state index in [4.69, 9.17) is 4.42 Å². The van der Waals surface area contributed by atoms with Crippen molar-refractivity contribution in [1.29, 1.82) is 0 Å². The van der Waals surface area contributed by atoms with Crippen molar-refractivity contribution in [1.82, 2.24) is 10.3 Å². The molecule has 106 valence electrons. The fraction of sp³-hybridized carbons (Fsp3) is 0.231. The maximum atomic E-state index is 13.6. The maximum Gasteiger partial charge on any atom is 0.257 e. The molecule has 1 amide bonds. The van der Waals surface area contributed by atoms with E-state index in [-0.39, 0.29) is 16.9 Å². The summed E-state index contributed by atoms with van der Waals surface area (Å²) >= 11 is 2.95. The van der Waals surface area contributed by atoms with Crippen molar-refractivity contribution in [2.24, 2.45) is 0 Å². The van der Waals surface area contributed by atoms with Crippen LogP contribution in [0.15, 0.2) is 27.2 Å². The number of halogens is 3. The van der Waals surface area contributed by atoms with Crippen molar-refractivity contribution in [2.75, 3.05) is 0 Å². The highest BCUT2D eigenvalue weighted by Gasteiger charge is 2.18. The van der Waals surface area contributed by atoms with Crippen LogP contribution in [0.3, 0.4) is 0 Å². The first kappa shape index (κ1) is 14.6. The molecule has 1 aromatic carbocycles. The van der Waals surface area contributed by atoms with Crippen LogP contribution in [0.2, 0.25) is 0 Å². The first-order valence-corrected chi connectivity index (χ1v) is 6.67. The molecule has 0 atom stereocenters. The Hall–Kier alpha value is -1.76. The summed E-state index contributed by atoms with van der Waals surface area (Å²) in [7, 11) is 0. The molecule has 0 aliphatic carbocycles. The van der Waals surface area contributed by atoms with Gasteiger partial charge in [0, 0.05) is 10.9 Å². The van der Waals surface area contributed by atoms with Crippen molar-refractivity contribution in [2.45, 2.75) is 19.9 Å². The second kappa shape index (κ2) is 6.13. The summed E-state index contributed by atoms with van der Waals surface area (Å²) in [6.45, 7) is 1.86. The molecule has 2 rings (SSSR count). The lowest BCUT2D eigenvalue weighted by Gasteiger charge is -2.06. The quantitative estimate of drug-likeness (QED) is 0.926. The summed E-state index contributed by atoms with van der Waals surface area (Å²) in [4.78, 5) is 15.7. The lowest BCUT2D eigenvalue weighted by atomic mass is 10.2. The Morgan fingerprint density at radius 2 is 2.05 bits per heavy atom. The molecule has 7 heteroatoms. The molecular weight excluding hydrogens is 334 g/mol. The number of aryl methyl sites for hydroxylation is 1. The lowest BCUT2D eigenvalue weighted by Crippen LogP contribution is -2.25. The van der Waals surface area contributed by atoms with Crippen molar-refractivity contribution >= 4 is 21.8 Å². The van der Waals surface area contributed by atoms with Gasteiger partial charge in [0.1, 0.15) is 23.0 Å². The summed E-state index contributed by atoms with van der Waals surface area (Å²) in [5.74, 6) is -1.76. The third-order valence-corrected chi connectivity index (χ3v) is 3.04. The van der Waals surface area contributed by atoms with Gasteiger partial charge in [-0.25, -0.2) is 13.8 Å². The molecular formula is C13H11BrF2N2O2. The number of carbonyl (C=O) groups excluding carboxylic acids is 1. The molecule has 20 heavy (non-hydrogen) atoms. The predicted octanol–water partition coefficient (Wildman–Crippen LogP) is 3.21. The molecule has 2 aromatic rings. The SMILES string of the molecule is CCc1cnc(CNC(=O)c2c(F)cc(Br)cc2F)o1. The molecule has 0 spiro atoms. The maximum absolute atomic E-state index is 13.6. The molecule has 1 N–H and O–H groups in total. The van der Waals surface area contributed by atoms with Crippen LogP contribution in [0, 0.1) is 11.6 Å². The summed E-state index contributed by atoms with van der Waals surface area (Å²) in [6, 6.07) is 2.05. The first-order chi connectivity index (χ1) is 9.51. The van der Waals surface area contributed by atoms with E-state index >= 15 is 0 Å². The zero-order valence-electron chi connectivity index (χ0n) is 10.5. The smallest absolute Gasteiger partial charge is 0.257 e. The number of hydrogen-bond acceptors (Lipinski definition) is 3. The van der Waals surface area contributed by atoms with Crippen LogP contribution < -0.4 is 5.32 Å². The van der Waals surface area contributed by atoms with Gasteiger partial charge in [0.25, 0.3) is 5.91 Å². The van der Waals surface area contributed by atoms with Crippen LogP contribution in [0.4, 0.5) is 8.78 Å². The van der Waals surface area contributed by atoms with Crippen LogP contribution in [0.25, 0.3) is 0 Å². The highest BCUT2D eigenvalue weighted by atomic mass is 79.9. The van der Waals surface area contributed by atoms with Gasteiger partial charge in [-0.1, -0.05) is 22.9 Å². The number of rotatable bonds is 4. The molecule has 0 unspecified atom stereocenters. The largest absolute Gasteiger partial charge is 0.444 e. The third-order valence-electron chi connectivity index (χ3n) is 2.58. The second-order valence-corrected chi connectivity index (χ2v) is 4.92. The minimum Gasteiger partial charge on any atom is -0.444 e. The van der Waals surface area contributed by atoms with Gasteiger partial charge in [-0.15, -0.1) is 0 Å². The minimum absolute atomic E-state index is 0.0340. The zero-order chi connectivity index (χ0) is 14.7. The molecule has 0 fully saturated rings. The monoisotopic (exact) mass is 344 g/mol. The Bertz CT molecular complexity index is 620. The molecule has 0 saturated heterocycles. The van der Waals surface area contributed by atoms with Crippen molar-refractivity contribution in [3.05, 3.63) is 51.7 Å². The first-order valence-electron chi connectivity index (χ1n) is 5.87. The van der Waals surface area contributed by atoms with Crippen LogP contribution in [-0.4, -0.2) is 10.9 Å². The Labute approximate surface area is 122 Å². The average molecular weight is 345 g/mol. The topological polar surface area (TPSA) is 55.1 Å². The van der Waals surface area contributed by atoms with Gasteiger partial charge in [0.2, 0.25) is 5.89 Å². The Morgan fingerprint density at radius 3 is 2.60 bits per heavy atom. The molecule has 1 aromatic heterocycles. The average Bonchev–Trinajstić information content (AvgIpc) is 2.83. The number of amides is 1. The summed E-state index contributed by atoms with van der Waals surface area (Å²) in [6.07, 6.45) is 2.22. The second-order valence-electron chi connectivity index (χ2n) is 4.00. The van der Waals surface area contributed by atoms with Crippen molar-refractivity contribution in [3.8, 4) is 0 Å². The summed E-state index contributed by atoms with van der Waals surface area (Å²) < 4.78 is 32.7. The van der Waals surface area contributed by atoms with Gasteiger partial charge in [-0.3, -0.25) is 4.79 Å². The third kappa shape index (κ3) is 3.22. The molecule has 0 radical (unpaired) electrons. The standard InChI is InChI=1S/C13H11BrF2N2O2/c1-2-8-5-17-11(20-8)6-18-13(19)12-9(15)3-7(14)4-10(12)16/h3-5H,2,6H2,1H3,(H,18,19). The van der Waals surface area contributed by atoms with Gasteiger partial charge in [0.05, 0.1) is 12.7 Å². The van der Waals surface area contributed by atoms with Gasteiger partial charge in [-0.2, -0.15) is 0 Å². The highest BCUT2D eigenvalue weighted by molar-refractivity contribution is 9.10. The molecule has 0 bridgehead atoms. The highest BCUT2D eigenvalue weighted by Crippen LogP contribution is 2.19. The van der Waals surface area contributed by atoms with Gasteiger partial charge in [0.15, 0.2) is 0 Å². The van der Waals surface area contributed by atoms with E-state index in [1.165, 1.54) is 0 Å². The van der Waals surface area contributed by atoms with Crippen LogP contribution >= 0.6 is 15.9 Å². The van der Waals surface area contributed by atoms with Gasteiger partial charge in [-0.05, 0) is 12.1 Å². The molecule has 0 aliphatic heterocycles. The zero-order valence-corrected chi connectivity index (χ0v) is 12.1. The van der Waals surface area contributed by atoms with E-state index in [1.54, 1.807) is 6.20 Å². The number of oxazole rings is 1. The van der Waals surface area contributed by atoms with E-state index in [1.807, 2.05) is 6.92 Å². The van der Waals surface area contributed by atoms with E-state index in [0.717, 1.165) is 12.1 Å². The summed E-state index contributed by atoms with van der Waals surface area (Å²) in [5.41, 5.74) is -0.629. The molecule has 1 heterocycles. The number of nitrogens with one attached hydrogen (secondary N) is 1. The molecule has 0 saturated carbocycles. The van der Waals surface area contributed by atoms with Crippen LogP contribution in [-0.2, 0) is 13.0 Å². The van der Waals surface area contributed by atoms with Crippen molar-refractivity contribution < 1.29 is 18.0 Å². The van der Waals surface area contributed by atoms with Crippen LogP contribution in [0.5, 0.6) is 0 Å². The fourth-order valence-electron chi connectivity index (χ4n) is 1.60. The number of aromatic nitrogens is 1. The van der Waals surface area contributed by atoms with Crippen molar-refractivity contribution in [3.63, 3.8) is 0 Å². The predicted molar refractivity (Wildman–Crippen MR) is 71.1 cm³/mol.